The number of hydrogen-bond acceptors (Lipinski definition) is 3. The largest absolute Gasteiger partial charge is 0.344 e. The van der Waals surface area contributed by atoms with Crippen molar-refractivity contribution in [3.05, 3.63) is 114 Å². The zero-order valence-electron chi connectivity index (χ0n) is 22.6. The van der Waals surface area contributed by atoms with Gasteiger partial charge in [0.15, 0.2) is 0 Å². The molecule has 5 nitrogen and oxygen atoms in total. The van der Waals surface area contributed by atoms with Crippen molar-refractivity contribution in [2.24, 2.45) is 5.73 Å². The fourth-order valence-electron chi connectivity index (χ4n) is 5.25. The summed E-state index contributed by atoms with van der Waals surface area (Å²) in [5.74, 6) is -0.296. The summed E-state index contributed by atoms with van der Waals surface area (Å²) >= 11 is 0. The molecule has 1 aliphatic heterocycles. The summed E-state index contributed by atoms with van der Waals surface area (Å²) < 4.78 is 0. The first-order chi connectivity index (χ1) is 18.8. The fraction of sp³-hybridized carbons (Fsp3) is 0.235. The van der Waals surface area contributed by atoms with Crippen LogP contribution < -0.4 is 16.0 Å². The molecule has 4 aromatic rings. The molecule has 3 N–H and O–H groups in total. The highest BCUT2D eigenvalue weighted by atomic mass is 16.2. The number of fused-ring (bicyclic) bond motifs is 1. The number of para-hydroxylation sites is 1. The quantitative estimate of drug-likeness (QED) is 0.310. The highest BCUT2D eigenvalue weighted by molar-refractivity contribution is 6.00. The predicted octanol–water partition coefficient (Wildman–Crippen LogP) is 6.11. The number of anilines is 1. The molecule has 4 aromatic carbocycles. The Bertz CT molecular complexity index is 1460. The van der Waals surface area contributed by atoms with Crippen LogP contribution in [0.25, 0.3) is 22.3 Å². The average Bonchev–Trinajstić information content (AvgIpc) is 3.05. The van der Waals surface area contributed by atoms with E-state index in [0.29, 0.717) is 19.4 Å². The average molecular weight is 518 g/mol. The first-order valence-electron chi connectivity index (χ1n) is 13.5. The molecule has 1 atom stereocenters. The summed E-state index contributed by atoms with van der Waals surface area (Å²) in [5.41, 5.74) is 13.1. The third-order valence-corrected chi connectivity index (χ3v) is 7.12. The first kappa shape index (κ1) is 26.4. The molecule has 0 saturated heterocycles. The van der Waals surface area contributed by atoms with Gasteiger partial charge in [0.2, 0.25) is 11.8 Å². The minimum atomic E-state index is -0.638. The van der Waals surface area contributed by atoms with Gasteiger partial charge in [-0.3, -0.25) is 9.59 Å². The van der Waals surface area contributed by atoms with Crippen molar-refractivity contribution >= 4 is 17.5 Å². The van der Waals surface area contributed by atoms with Crippen LogP contribution in [0.15, 0.2) is 103 Å². The van der Waals surface area contributed by atoms with Crippen molar-refractivity contribution in [1.29, 1.82) is 0 Å². The standard InChI is InChI=1S/C34H35N3O2/c1-34(2,35)22-32(38)36-30-21-20-27-12-6-9-15-31(27)37(33(30)39)23-24-16-18-26(19-17-24)29-14-8-7-13-28(29)25-10-4-3-5-11-25/h3-19,30H,20-23,35H2,1-2H3,(H,36,38)/t30-/m1/s1. The Hall–Kier alpha value is -4.22. The van der Waals surface area contributed by atoms with Gasteiger partial charge < -0.3 is 16.0 Å². The van der Waals surface area contributed by atoms with Crippen molar-refractivity contribution in [2.75, 3.05) is 4.90 Å². The Morgan fingerprint density at radius 1 is 0.846 bits per heavy atom. The summed E-state index contributed by atoms with van der Waals surface area (Å²) in [5, 5.41) is 2.96. The van der Waals surface area contributed by atoms with E-state index >= 15 is 0 Å². The van der Waals surface area contributed by atoms with Crippen LogP contribution in [-0.2, 0) is 22.6 Å². The van der Waals surface area contributed by atoms with Crippen molar-refractivity contribution in [1.82, 2.24) is 5.32 Å². The van der Waals surface area contributed by atoms with Gasteiger partial charge in [-0.05, 0) is 66.1 Å². The lowest BCUT2D eigenvalue weighted by molar-refractivity contribution is -0.128. The van der Waals surface area contributed by atoms with Crippen LogP contribution in [0.2, 0.25) is 0 Å². The zero-order valence-corrected chi connectivity index (χ0v) is 22.6. The third-order valence-electron chi connectivity index (χ3n) is 7.12. The minimum Gasteiger partial charge on any atom is -0.344 e. The van der Waals surface area contributed by atoms with Gasteiger partial charge >= 0.3 is 0 Å². The van der Waals surface area contributed by atoms with Gasteiger partial charge in [-0.2, -0.15) is 0 Å². The number of nitrogens with one attached hydrogen (secondary N) is 1. The van der Waals surface area contributed by atoms with Crippen molar-refractivity contribution in [2.45, 2.75) is 51.2 Å². The van der Waals surface area contributed by atoms with Crippen LogP contribution in [-0.4, -0.2) is 23.4 Å². The molecule has 0 fully saturated rings. The molecule has 0 saturated carbocycles. The van der Waals surface area contributed by atoms with E-state index in [-0.39, 0.29) is 18.2 Å². The molecule has 1 aliphatic rings. The Balaban J connectivity index is 1.40. The lowest BCUT2D eigenvalue weighted by atomic mass is 9.94. The van der Waals surface area contributed by atoms with E-state index in [4.69, 9.17) is 5.73 Å². The van der Waals surface area contributed by atoms with Gasteiger partial charge in [-0.25, -0.2) is 0 Å². The van der Waals surface area contributed by atoms with E-state index in [2.05, 4.69) is 84.2 Å². The van der Waals surface area contributed by atoms with Crippen LogP contribution in [0.4, 0.5) is 5.69 Å². The van der Waals surface area contributed by atoms with Crippen LogP contribution in [0, 0.1) is 0 Å². The molecule has 1 heterocycles. The van der Waals surface area contributed by atoms with E-state index in [1.165, 1.54) is 11.1 Å². The monoisotopic (exact) mass is 517 g/mol. The Morgan fingerprint density at radius 2 is 1.44 bits per heavy atom. The summed E-state index contributed by atoms with van der Waals surface area (Å²) in [6.07, 6.45) is 1.43. The van der Waals surface area contributed by atoms with Gasteiger partial charge in [-0.15, -0.1) is 0 Å². The molecule has 5 heteroatoms. The summed E-state index contributed by atoms with van der Waals surface area (Å²) in [7, 11) is 0. The first-order valence-corrected chi connectivity index (χ1v) is 13.5. The lowest BCUT2D eigenvalue weighted by Crippen LogP contribution is -2.49. The van der Waals surface area contributed by atoms with Crippen LogP contribution >= 0.6 is 0 Å². The normalized spacial score (nSPS) is 15.4. The molecule has 0 aromatic heterocycles. The van der Waals surface area contributed by atoms with E-state index in [9.17, 15) is 9.59 Å². The molecular weight excluding hydrogens is 482 g/mol. The topological polar surface area (TPSA) is 75.4 Å². The van der Waals surface area contributed by atoms with E-state index in [1.807, 2.05) is 43.0 Å². The van der Waals surface area contributed by atoms with E-state index < -0.39 is 11.6 Å². The number of nitrogens with two attached hydrogens (primary N) is 1. The van der Waals surface area contributed by atoms with Crippen LogP contribution in [0.3, 0.4) is 0 Å². The van der Waals surface area contributed by atoms with Gasteiger partial charge in [0, 0.05) is 17.6 Å². The number of carbonyl (C=O) groups is 2. The zero-order chi connectivity index (χ0) is 27.4. The number of nitrogens with zero attached hydrogens (tertiary/aromatic N) is 1. The molecule has 0 bridgehead atoms. The molecule has 0 aliphatic carbocycles. The van der Waals surface area contributed by atoms with Crippen molar-refractivity contribution in [3.8, 4) is 22.3 Å². The Kier molecular flexibility index (Phi) is 7.62. The molecular formula is C34H35N3O2. The summed E-state index contributed by atoms with van der Waals surface area (Å²) in [6, 6.07) is 34.6. The number of benzene rings is 4. The smallest absolute Gasteiger partial charge is 0.249 e. The molecule has 0 radical (unpaired) electrons. The number of amides is 2. The molecule has 0 unspecified atom stereocenters. The van der Waals surface area contributed by atoms with Crippen LogP contribution in [0.1, 0.15) is 37.8 Å². The second kappa shape index (κ2) is 11.3. The Labute approximate surface area is 230 Å². The van der Waals surface area contributed by atoms with E-state index in [1.54, 1.807) is 0 Å². The maximum absolute atomic E-state index is 13.8. The second-order valence-electron chi connectivity index (χ2n) is 11.0. The van der Waals surface area contributed by atoms with Crippen molar-refractivity contribution in [3.63, 3.8) is 0 Å². The SMILES string of the molecule is CC(C)(N)CC(=O)N[C@@H]1CCc2ccccc2N(Cc2ccc(-c3ccccc3-c3ccccc3)cc2)C1=O. The molecule has 39 heavy (non-hydrogen) atoms. The minimum absolute atomic E-state index is 0.0957. The second-order valence-corrected chi connectivity index (χ2v) is 11.0. The van der Waals surface area contributed by atoms with Gasteiger partial charge in [0.1, 0.15) is 6.04 Å². The number of rotatable bonds is 7. The van der Waals surface area contributed by atoms with Crippen LogP contribution in [0.5, 0.6) is 0 Å². The third kappa shape index (κ3) is 6.27. The van der Waals surface area contributed by atoms with Crippen molar-refractivity contribution < 1.29 is 9.59 Å². The number of hydrogen-bond donors (Lipinski definition) is 2. The van der Waals surface area contributed by atoms with Gasteiger partial charge in [0.25, 0.3) is 0 Å². The fourth-order valence-corrected chi connectivity index (χ4v) is 5.25. The summed E-state index contributed by atoms with van der Waals surface area (Å²) in [4.78, 5) is 28.3. The molecule has 0 spiro atoms. The predicted molar refractivity (Wildman–Crippen MR) is 158 cm³/mol. The maximum Gasteiger partial charge on any atom is 0.249 e. The Morgan fingerprint density at radius 3 is 2.10 bits per heavy atom. The van der Waals surface area contributed by atoms with E-state index in [0.717, 1.165) is 27.9 Å². The van der Waals surface area contributed by atoms with Gasteiger partial charge in [0.05, 0.1) is 6.54 Å². The highest BCUT2D eigenvalue weighted by Crippen LogP contribution is 2.33. The maximum atomic E-state index is 13.8. The number of aryl methyl sites for hydroxylation is 1. The molecule has 5 rings (SSSR count). The summed E-state index contributed by atoms with van der Waals surface area (Å²) in [6.45, 7) is 4.04. The number of carbonyl (C=O) groups excluding carboxylic acids is 2. The highest BCUT2D eigenvalue weighted by Gasteiger charge is 2.32. The lowest BCUT2D eigenvalue weighted by Gasteiger charge is -2.27. The molecule has 2 amide bonds. The van der Waals surface area contributed by atoms with Gasteiger partial charge in [-0.1, -0.05) is 97.1 Å². The molecule has 198 valence electrons.